The monoisotopic (exact) mass is 268 g/mol. The molecule has 1 atom stereocenters. The third-order valence-corrected chi connectivity index (χ3v) is 4.01. The first-order valence-corrected chi connectivity index (χ1v) is 6.97. The van der Waals surface area contributed by atoms with Gasteiger partial charge >= 0.3 is 0 Å². The van der Waals surface area contributed by atoms with E-state index in [9.17, 15) is 0 Å². The molecule has 1 aromatic carbocycles. The van der Waals surface area contributed by atoms with Crippen LogP contribution in [-0.2, 0) is 6.54 Å². The minimum Gasteiger partial charge on any atom is -0.399 e. The molecule has 2 rings (SSSR count). The molecular formula is C14H21ClN2O. The summed E-state index contributed by atoms with van der Waals surface area (Å²) in [5.74, 6) is 0. The Kier molecular flexibility index (Phi) is 4.87. The number of nitrogen functional groups attached to an aromatic ring is 1. The molecule has 1 unspecified atom stereocenters. The molecule has 1 heterocycles. The van der Waals surface area contributed by atoms with Gasteiger partial charge in [-0.25, -0.2) is 0 Å². The maximum atomic E-state index is 8.93. The van der Waals surface area contributed by atoms with E-state index in [-0.39, 0.29) is 6.61 Å². The van der Waals surface area contributed by atoms with Crippen molar-refractivity contribution in [1.82, 2.24) is 4.90 Å². The van der Waals surface area contributed by atoms with Crippen molar-refractivity contribution in [2.75, 3.05) is 18.9 Å². The Labute approximate surface area is 114 Å². The van der Waals surface area contributed by atoms with Gasteiger partial charge in [0, 0.05) is 29.9 Å². The van der Waals surface area contributed by atoms with E-state index in [4.69, 9.17) is 22.4 Å². The Bertz CT molecular complexity index is 397. The summed E-state index contributed by atoms with van der Waals surface area (Å²) in [7, 11) is 0. The molecule has 0 bridgehead atoms. The van der Waals surface area contributed by atoms with Crippen molar-refractivity contribution in [1.29, 1.82) is 0 Å². The quantitative estimate of drug-likeness (QED) is 0.808. The topological polar surface area (TPSA) is 49.5 Å². The largest absolute Gasteiger partial charge is 0.399 e. The summed E-state index contributed by atoms with van der Waals surface area (Å²) < 4.78 is 0. The minimum absolute atomic E-state index is 0.281. The van der Waals surface area contributed by atoms with E-state index in [1.807, 2.05) is 18.2 Å². The highest BCUT2D eigenvalue weighted by Gasteiger charge is 2.24. The number of aliphatic hydroxyl groups excluding tert-OH is 1. The van der Waals surface area contributed by atoms with Crippen LogP contribution in [0.1, 0.15) is 31.2 Å². The van der Waals surface area contributed by atoms with Crippen LogP contribution in [0.5, 0.6) is 0 Å². The molecule has 0 aliphatic carbocycles. The first-order valence-electron chi connectivity index (χ1n) is 6.59. The molecule has 0 aromatic heterocycles. The molecular weight excluding hydrogens is 248 g/mol. The summed E-state index contributed by atoms with van der Waals surface area (Å²) in [6.45, 7) is 2.25. The first kappa shape index (κ1) is 13.7. The molecule has 1 aromatic rings. The lowest BCUT2D eigenvalue weighted by Crippen LogP contribution is -2.29. The van der Waals surface area contributed by atoms with E-state index in [1.54, 1.807) is 0 Å². The number of rotatable bonds is 5. The van der Waals surface area contributed by atoms with Crippen LogP contribution in [0, 0.1) is 0 Å². The van der Waals surface area contributed by atoms with Gasteiger partial charge in [0.2, 0.25) is 0 Å². The second kappa shape index (κ2) is 6.41. The predicted octanol–water partition coefficient (Wildman–Crippen LogP) is 2.66. The van der Waals surface area contributed by atoms with Crippen molar-refractivity contribution < 1.29 is 5.11 Å². The summed E-state index contributed by atoms with van der Waals surface area (Å²) >= 11 is 6.20. The lowest BCUT2D eigenvalue weighted by Gasteiger charge is -2.24. The van der Waals surface area contributed by atoms with E-state index >= 15 is 0 Å². The van der Waals surface area contributed by atoms with Crippen LogP contribution in [0.2, 0.25) is 5.02 Å². The molecule has 3 nitrogen and oxygen atoms in total. The lowest BCUT2D eigenvalue weighted by atomic mass is 10.1. The van der Waals surface area contributed by atoms with Gasteiger partial charge in [-0.15, -0.1) is 0 Å². The first-order chi connectivity index (χ1) is 8.70. The van der Waals surface area contributed by atoms with Gasteiger partial charge in [-0.3, -0.25) is 4.90 Å². The van der Waals surface area contributed by atoms with E-state index in [0.717, 1.165) is 42.2 Å². The van der Waals surface area contributed by atoms with Crippen molar-refractivity contribution in [2.45, 2.75) is 38.3 Å². The number of nitrogens with two attached hydrogens (primary N) is 1. The highest BCUT2D eigenvalue weighted by molar-refractivity contribution is 6.31. The number of anilines is 1. The number of hydrogen-bond donors (Lipinski definition) is 2. The van der Waals surface area contributed by atoms with Crippen molar-refractivity contribution in [2.24, 2.45) is 0 Å². The summed E-state index contributed by atoms with van der Waals surface area (Å²) in [6, 6.07) is 6.24. The van der Waals surface area contributed by atoms with Crippen LogP contribution >= 0.6 is 11.6 Å². The third-order valence-electron chi connectivity index (χ3n) is 3.64. The fourth-order valence-corrected chi connectivity index (χ4v) is 2.87. The standard InChI is InChI=1S/C14H21ClN2O/c15-14-6-5-12(16)9-11(14)10-17-7-1-3-13(17)4-2-8-18/h5-6,9,13,18H,1-4,7-8,10,16H2. The molecule has 1 aliphatic rings. The summed E-state index contributed by atoms with van der Waals surface area (Å²) in [6.07, 6.45) is 4.40. The number of hydrogen-bond acceptors (Lipinski definition) is 3. The van der Waals surface area contributed by atoms with Crippen molar-refractivity contribution in [3.63, 3.8) is 0 Å². The normalized spacial score (nSPS) is 20.4. The second-order valence-electron chi connectivity index (χ2n) is 4.98. The minimum atomic E-state index is 0.281. The Morgan fingerprint density at radius 1 is 1.44 bits per heavy atom. The van der Waals surface area contributed by atoms with E-state index < -0.39 is 0 Å². The maximum Gasteiger partial charge on any atom is 0.0452 e. The molecule has 1 fully saturated rings. The smallest absolute Gasteiger partial charge is 0.0452 e. The number of likely N-dealkylation sites (tertiary alicyclic amines) is 1. The van der Waals surface area contributed by atoms with Crippen molar-refractivity contribution in [3.05, 3.63) is 28.8 Å². The molecule has 1 aliphatic heterocycles. The van der Waals surface area contributed by atoms with E-state index in [2.05, 4.69) is 4.90 Å². The highest BCUT2D eigenvalue weighted by Crippen LogP contribution is 2.27. The lowest BCUT2D eigenvalue weighted by molar-refractivity contribution is 0.210. The van der Waals surface area contributed by atoms with E-state index in [0.29, 0.717) is 6.04 Å². The van der Waals surface area contributed by atoms with Crippen molar-refractivity contribution in [3.8, 4) is 0 Å². The summed E-state index contributed by atoms with van der Waals surface area (Å²) in [4.78, 5) is 2.45. The number of nitrogens with zero attached hydrogens (tertiary/aromatic N) is 1. The highest BCUT2D eigenvalue weighted by atomic mass is 35.5. The fraction of sp³-hybridized carbons (Fsp3) is 0.571. The van der Waals surface area contributed by atoms with Gasteiger partial charge in [0.1, 0.15) is 0 Å². The number of halogens is 1. The van der Waals surface area contributed by atoms with Crippen molar-refractivity contribution >= 4 is 17.3 Å². The van der Waals surface area contributed by atoms with Crippen LogP contribution < -0.4 is 5.73 Å². The van der Waals surface area contributed by atoms with Gasteiger partial charge in [-0.2, -0.15) is 0 Å². The fourth-order valence-electron chi connectivity index (χ4n) is 2.69. The molecule has 0 amide bonds. The molecule has 0 radical (unpaired) electrons. The third kappa shape index (κ3) is 3.37. The molecule has 1 saturated heterocycles. The SMILES string of the molecule is Nc1ccc(Cl)c(CN2CCCC2CCCO)c1. The molecule has 0 spiro atoms. The average Bonchev–Trinajstić information content (AvgIpc) is 2.79. The van der Waals surface area contributed by atoms with Crippen LogP contribution in [0.4, 0.5) is 5.69 Å². The second-order valence-corrected chi connectivity index (χ2v) is 5.39. The Balaban J connectivity index is 2.01. The molecule has 0 saturated carbocycles. The van der Waals surface area contributed by atoms with Gasteiger partial charge in [-0.1, -0.05) is 11.6 Å². The zero-order valence-corrected chi connectivity index (χ0v) is 11.4. The van der Waals surface area contributed by atoms with Crippen LogP contribution in [0.15, 0.2) is 18.2 Å². The van der Waals surface area contributed by atoms with Gasteiger partial charge in [0.05, 0.1) is 0 Å². The summed E-state index contributed by atoms with van der Waals surface area (Å²) in [5.41, 5.74) is 7.67. The average molecular weight is 269 g/mol. The maximum absolute atomic E-state index is 8.93. The van der Waals surface area contributed by atoms with Crippen LogP contribution in [0.25, 0.3) is 0 Å². The van der Waals surface area contributed by atoms with Crippen LogP contribution in [-0.4, -0.2) is 29.2 Å². The van der Waals surface area contributed by atoms with Crippen LogP contribution in [0.3, 0.4) is 0 Å². The zero-order valence-electron chi connectivity index (χ0n) is 10.6. The Morgan fingerprint density at radius 2 is 2.28 bits per heavy atom. The summed E-state index contributed by atoms with van der Waals surface area (Å²) in [5, 5.41) is 9.72. The predicted molar refractivity (Wildman–Crippen MR) is 75.6 cm³/mol. The molecule has 18 heavy (non-hydrogen) atoms. The molecule has 4 heteroatoms. The van der Waals surface area contributed by atoms with Gasteiger partial charge < -0.3 is 10.8 Å². The van der Waals surface area contributed by atoms with Gasteiger partial charge in [-0.05, 0) is 56.0 Å². The number of aliphatic hydroxyl groups is 1. The Hall–Kier alpha value is -0.770. The number of benzene rings is 1. The van der Waals surface area contributed by atoms with E-state index in [1.165, 1.54) is 12.8 Å². The molecule has 100 valence electrons. The van der Waals surface area contributed by atoms with Gasteiger partial charge in [0.15, 0.2) is 0 Å². The molecule has 3 N–H and O–H groups in total. The zero-order chi connectivity index (χ0) is 13.0. The Morgan fingerprint density at radius 3 is 3.06 bits per heavy atom. The van der Waals surface area contributed by atoms with Gasteiger partial charge in [0.25, 0.3) is 0 Å².